The predicted molar refractivity (Wildman–Crippen MR) is 144 cm³/mol. The van der Waals surface area contributed by atoms with Crippen molar-refractivity contribution in [2.24, 2.45) is 0 Å². The monoisotopic (exact) mass is 528 g/mol. The first-order valence-corrected chi connectivity index (χ1v) is 13.4. The lowest BCUT2D eigenvalue weighted by molar-refractivity contribution is 0.586. The zero-order valence-corrected chi connectivity index (χ0v) is 20.8. The third kappa shape index (κ3) is 4.58. The van der Waals surface area contributed by atoms with Crippen LogP contribution in [0.25, 0.3) is 55.8 Å². The lowest BCUT2D eigenvalue weighted by atomic mass is 10.0. The smallest absolute Gasteiger partial charge is 0.209 e. The van der Waals surface area contributed by atoms with Crippen LogP contribution in [0, 0.1) is 5.82 Å². The Labute approximate surface area is 216 Å². The Kier molecular flexibility index (Phi) is 5.62. The molecule has 0 aliphatic heterocycles. The summed E-state index contributed by atoms with van der Waals surface area (Å²) in [5.74, 6) is 0.00273. The average Bonchev–Trinajstić information content (AvgIpc) is 3.50. The van der Waals surface area contributed by atoms with Gasteiger partial charge in [0.15, 0.2) is 5.82 Å². The number of aromatic amines is 2. The fraction of sp³-hybridized carbons (Fsp3) is 0.0769. The molecule has 0 unspecified atom stereocenters. The molecule has 38 heavy (non-hydrogen) atoms. The molecule has 4 aromatic heterocycles. The van der Waals surface area contributed by atoms with E-state index in [2.05, 4.69) is 29.9 Å². The maximum atomic E-state index is 14.5. The van der Waals surface area contributed by atoms with Crippen molar-refractivity contribution in [1.82, 2.24) is 34.9 Å². The number of aromatic nitrogens is 6. The summed E-state index contributed by atoms with van der Waals surface area (Å²) in [6.07, 6.45) is 5.99. The van der Waals surface area contributed by atoms with Crippen LogP contribution in [0.5, 0.6) is 0 Å². The highest BCUT2D eigenvalue weighted by Gasteiger charge is 2.17. The number of anilines is 1. The number of nitrogens with one attached hydrogen (secondary N) is 3. The van der Waals surface area contributed by atoms with Crippen molar-refractivity contribution in [1.29, 1.82) is 0 Å². The average molecular weight is 529 g/mol. The minimum atomic E-state index is -3.44. The van der Waals surface area contributed by atoms with Crippen LogP contribution in [-0.2, 0) is 16.6 Å². The number of hydrogen-bond donors (Lipinski definition) is 4. The number of fused-ring (bicyclic) bond motifs is 2. The second-order valence-corrected chi connectivity index (χ2v) is 10.8. The van der Waals surface area contributed by atoms with E-state index in [0.717, 1.165) is 28.3 Å². The van der Waals surface area contributed by atoms with Crippen LogP contribution in [0.3, 0.4) is 0 Å². The van der Waals surface area contributed by atoms with Crippen molar-refractivity contribution in [3.8, 4) is 33.9 Å². The van der Waals surface area contributed by atoms with Gasteiger partial charge in [-0.3, -0.25) is 15.1 Å². The summed E-state index contributed by atoms with van der Waals surface area (Å²) in [5, 5.41) is 8.37. The van der Waals surface area contributed by atoms with Gasteiger partial charge in [0.1, 0.15) is 17.0 Å². The van der Waals surface area contributed by atoms with Crippen LogP contribution in [0.1, 0.15) is 5.56 Å². The third-order valence-corrected chi connectivity index (χ3v) is 6.72. The molecule has 0 saturated carbocycles. The summed E-state index contributed by atoms with van der Waals surface area (Å²) in [4.78, 5) is 16.7. The Bertz CT molecular complexity index is 1950. The highest BCUT2D eigenvalue weighted by molar-refractivity contribution is 7.88. The summed E-state index contributed by atoms with van der Waals surface area (Å²) in [5.41, 5.74) is 12.3. The first kappa shape index (κ1) is 23.7. The number of H-pyrrole nitrogens is 2. The van der Waals surface area contributed by atoms with E-state index in [1.54, 1.807) is 30.7 Å². The molecule has 0 fully saturated rings. The molecule has 0 spiro atoms. The Morgan fingerprint density at radius 2 is 1.84 bits per heavy atom. The van der Waals surface area contributed by atoms with Crippen LogP contribution >= 0.6 is 0 Å². The van der Waals surface area contributed by atoms with Crippen molar-refractivity contribution in [3.05, 3.63) is 78.5 Å². The number of nitrogens with two attached hydrogens (primary N) is 1. The highest BCUT2D eigenvalue weighted by Crippen LogP contribution is 2.33. The zero-order chi connectivity index (χ0) is 26.4. The van der Waals surface area contributed by atoms with Crippen molar-refractivity contribution >= 4 is 37.6 Å². The fourth-order valence-corrected chi connectivity index (χ4v) is 4.78. The van der Waals surface area contributed by atoms with Gasteiger partial charge in [-0.15, -0.1) is 0 Å². The van der Waals surface area contributed by atoms with Crippen LogP contribution in [0.15, 0.2) is 67.1 Å². The molecule has 0 aliphatic carbocycles. The van der Waals surface area contributed by atoms with Gasteiger partial charge < -0.3 is 10.7 Å². The zero-order valence-electron chi connectivity index (χ0n) is 20.0. The van der Waals surface area contributed by atoms with E-state index in [1.165, 1.54) is 12.1 Å². The topological polar surface area (TPSA) is 155 Å². The summed E-state index contributed by atoms with van der Waals surface area (Å²) in [7, 11) is -3.44. The minimum Gasteiger partial charge on any atom is -0.397 e. The molecular formula is C26H21FN8O2S. The molecule has 0 radical (unpaired) electrons. The molecule has 2 aromatic carbocycles. The van der Waals surface area contributed by atoms with Gasteiger partial charge in [0.25, 0.3) is 0 Å². The minimum absolute atomic E-state index is 0.0461. The number of pyridine rings is 2. The van der Waals surface area contributed by atoms with Crippen molar-refractivity contribution < 1.29 is 12.8 Å². The quantitative estimate of drug-likeness (QED) is 0.255. The molecule has 0 bridgehead atoms. The second kappa shape index (κ2) is 9.01. The van der Waals surface area contributed by atoms with Gasteiger partial charge in [0, 0.05) is 41.6 Å². The first-order chi connectivity index (χ1) is 18.2. The normalized spacial score (nSPS) is 11.9. The molecule has 6 aromatic rings. The number of imidazole rings is 1. The van der Waals surface area contributed by atoms with E-state index >= 15 is 0 Å². The van der Waals surface area contributed by atoms with E-state index in [9.17, 15) is 12.8 Å². The molecule has 12 heteroatoms. The van der Waals surface area contributed by atoms with Gasteiger partial charge in [0.2, 0.25) is 10.0 Å². The molecule has 0 atom stereocenters. The lowest BCUT2D eigenvalue weighted by Crippen LogP contribution is -2.21. The van der Waals surface area contributed by atoms with Crippen LogP contribution < -0.4 is 10.5 Å². The Hall–Kier alpha value is -4.68. The summed E-state index contributed by atoms with van der Waals surface area (Å²) >= 11 is 0. The maximum Gasteiger partial charge on any atom is 0.209 e. The molecule has 5 N–H and O–H groups in total. The molecule has 10 nitrogen and oxygen atoms in total. The number of benzene rings is 2. The van der Waals surface area contributed by atoms with Crippen molar-refractivity contribution in [2.45, 2.75) is 6.54 Å². The third-order valence-electron chi connectivity index (χ3n) is 6.05. The van der Waals surface area contributed by atoms with Gasteiger partial charge in [-0.2, -0.15) is 5.10 Å². The van der Waals surface area contributed by atoms with Gasteiger partial charge in [-0.1, -0.05) is 6.07 Å². The number of rotatable bonds is 6. The van der Waals surface area contributed by atoms with Crippen LogP contribution in [0.4, 0.5) is 10.1 Å². The molecular weight excluding hydrogens is 507 g/mol. The number of sulfonamides is 1. The van der Waals surface area contributed by atoms with Crippen LogP contribution in [-0.4, -0.2) is 44.8 Å². The van der Waals surface area contributed by atoms with Crippen molar-refractivity contribution in [3.63, 3.8) is 0 Å². The number of hydrogen-bond acceptors (Lipinski definition) is 7. The van der Waals surface area contributed by atoms with Gasteiger partial charge in [0.05, 0.1) is 28.7 Å². The van der Waals surface area contributed by atoms with Crippen LogP contribution in [0.2, 0.25) is 0 Å². The standard InChI is InChI=1S/C26H21FN8O2S/c1-38(36,37)31-11-14-6-16(8-18(27)7-14)23-25-22(4-5-30-23)32-26(33-25)24-20-10-15(2-3-21(20)34-35-24)17-9-19(28)13-29-12-17/h2-10,12-13,31H,11,28H2,1H3,(H,32,33)(H,34,35). The van der Waals surface area contributed by atoms with E-state index in [1.807, 2.05) is 24.3 Å². The highest BCUT2D eigenvalue weighted by atomic mass is 32.2. The Balaban J connectivity index is 1.43. The Morgan fingerprint density at radius 3 is 2.66 bits per heavy atom. The van der Waals surface area contributed by atoms with E-state index in [4.69, 9.17) is 10.7 Å². The maximum absolute atomic E-state index is 14.5. The molecule has 0 saturated heterocycles. The molecule has 190 valence electrons. The summed E-state index contributed by atoms with van der Waals surface area (Å²) < 4.78 is 39.9. The Morgan fingerprint density at radius 1 is 0.974 bits per heavy atom. The van der Waals surface area contributed by atoms with Gasteiger partial charge in [-0.05, 0) is 53.6 Å². The second-order valence-electron chi connectivity index (χ2n) is 8.92. The molecule has 6 rings (SSSR count). The van der Waals surface area contributed by atoms with E-state index in [-0.39, 0.29) is 6.54 Å². The van der Waals surface area contributed by atoms with Gasteiger partial charge >= 0.3 is 0 Å². The van der Waals surface area contributed by atoms with Gasteiger partial charge in [-0.25, -0.2) is 22.5 Å². The first-order valence-electron chi connectivity index (χ1n) is 11.5. The van der Waals surface area contributed by atoms with E-state index in [0.29, 0.717) is 45.1 Å². The lowest BCUT2D eigenvalue weighted by Gasteiger charge is -2.07. The largest absolute Gasteiger partial charge is 0.397 e. The van der Waals surface area contributed by atoms with Crippen molar-refractivity contribution in [2.75, 3.05) is 12.0 Å². The molecule has 0 aliphatic rings. The number of nitrogens with zero attached hydrogens (tertiary/aromatic N) is 4. The number of nitrogen functional groups attached to an aromatic ring is 1. The number of halogens is 1. The molecule has 4 heterocycles. The molecule has 0 amide bonds. The SMILES string of the molecule is CS(=O)(=O)NCc1cc(F)cc(-c2nccc3[nH]c(-c4n[nH]c5ccc(-c6cncc(N)c6)cc45)nc23)c1. The van der Waals surface area contributed by atoms with E-state index < -0.39 is 15.8 Å². The summed E-state index contributed by atoms with van der Waals surface area (Å²) in [6, 6.07) is 13.8. The predicted octanol–water partition coefficient (Wildman–Crippen LogP) is 4.00. The summed E-state index contributed by atoms with van der Waals surface area (Å²) in [6.45, 7) is -0.0461. The fourth-order valence-electron chi connectivity index (χ4n) is 4.35.